The smallest absolute Gasteiger partial charge is 0.260 e. The number of carbonyl (C=O) groups is 1. The molecule has 9 heteroatoms. The van der Waals surface area contributed by atoms with Crippen molar-refractivity contribution in [2.24, 2.45) is 5.10 Å². The Hall–Kier alpha value is -3.07. The Morgan fingerprint density at radius 3 is 2.38 bits per heavy atom. The van der Waals surface area contributed by atoms with Crippen LogP contribution in [0.5, 0.6) is 11.5 Å². The molecular weight excluding hydrogens is 394 g/mol. The Kier molecular flexibility index (Phi) is 7.60. The summed E-state index contributed by atoms with van der Waals surface area (Å²) in [5.74, 6) is 0.514. The van der Waals surface area contributed by atoms with E-state index in [1.165, 1.54) is 7.11 Å². The van der Waals surface area contributed by atoms with E-state index < -0.39 is 22.5 Å². The van der Waals surface area contributed by atoms with Gasteiger partial charge in [-0.1, -0.05) is 12.1 Å². The Bertz CT molecular complexity index is 972. The van der Waals surface area contributed by atoms with Gasteiger partial charge in [0.25, 0.3) is 5.91 Å². The van der Waals surface area contributed by atoms with Gasteiger partial charge in [-0.15, -0.1) is 0 Å². The number of nitrogens with zero attached hydrogens (tertiary/aromatic N) is 2. The fourth-order valence-corrected chi connectivity index (χ4v) is 3.41. The summed E-state index contributed by atoms with van der Waals surface area (Å²) < 4.78 is 36.0. The minimum atomic E-state index is -3.72. The van der Waals surface area contributed by atoms with Crippen LogP contribution >= 0.6 is 0 Å². The average molecular weight is 420 g/mol. The first-order chi connectivity index (χ1) is 13.8. The van der Waals surface area contributed by atoms with Crippen molar-refractivity contribution >= 4 is 27.3 Å². The number of hydrogen-bond donors (Lipinski definition) is 1. The average Bonchev–Trinajstić information content (AvgIpc) is 2.70. The third kappa shape index (κ3) is 6.21. The van der Waals surface area contributed by atoms with Crippen LogP contribution in [-0.4, -0.2) is 46.6 Å². The summed E-state index contributed by atoms with van der Waals surface area (Å²) in [6, 6.07) is 13.9. The van der Waals surface area contributed by atoms with Crippen molar-refractivity contribution in [3.63, 3.8) is 0 Å². The first kappa shape index (κ1) is 22.2. The highest BCUT2D eigenvalue weighted by Gasteiger charge is 2.23. The summed E-state index contributed by atoms with van der Waals surface area (Å²) in [5.41, 5.74) is 4.06. The first-order valence-corrected chi connectivity index (χ1v) is 10.8. The molecule has 2 rings (SSSR count). The summed E-state index contributed by atoms with van der Waals surface area (Å²) in [5, 5.41) is 4.06. The zero-order valence-corrected chi connectivity index (χ0v) is 17.7. The number of amides is 1. The highest BCUT2D eigenvalue weighted by atomic mass is 32.2. The van der Waals surface area contributed by atoms with E-state index in [0.29, 0.717) is 18.1 Å². The van der Waals surface area contributed by atoms with Gasteiger partial charge in [0.2, 0.25) is 10.0 Å². The maximum Gasteiger partial charge on any atom is 0.260 e. The Morgan fingerprint density at radius 1 is 1.14 bits per heavy atom. The summed E-state index contributed by atoms with van der Waals surface area (Å²) in [7, 11) is -2.28. The maximum atomic E-state index is 12.4. The second kappa shape index (κ2) is 9.92. The molecule has 0 aliphatic rings. The lowest BCUT2D eigenvalue weighted by molar-refractivity contribution is -0.119. The second-order valence-corrected chi connectivity index (χ2v) is 8.04. The van der Waals surface area contributed by atoms with E-state index in [2.05, 4.69) is 10.5 Å². The molecule has 0 saturated carbocycles. The standard InChI is InChI=1S/C20H25N3O5S/c1-5-28-17-12-10-16(11-13-17)15(2)21-22-20(24)14-23(29(4,25)26)18-8-6-7-9-19(18)27-3/h6-13H,5,14H2,1-4H3,(H,22,24)/b21-15-. The normalized spacial score (nSPS) is 11.7. The van der Waals surface area contributed by atoms with Crippen molar-refractivity contribution in [3.05, 3.63) is 54.1 Å². The summed E-state index contributed by atoms with van der Waals surface area (Å²) in [4.78, 5) is 12.4. The molecule has 29 heavy (non-hydrogen) atoms. The number of rotatable bonds is 9. The molecule has 0 heterocycles. The number of nitrogens with one attached hydrogen (secondary N) is 1. The van der Waals surface area contributed by atoms with Crippen LogP contribution in [0.3, 0.4) is 0 Å². The van der Waals surface area contributed by atoms with Crippen molar-refractivity contribution in [2.45, 2.75) is 13.8 Å². The highest BCUT2D eigenvalue weighted by molar-refractivity contribution is 7.92. The van der Waals surface area contributed by atoms with Crippen LogP contribution in [0.25, 0.3) is 0 Å². The van der Waals surface area contributed by atoms with Crippen LogP contribution in [0.1, 0.15) is 19.4 Å². The second-order valence-electron chi connectivity index (χ2n) is 6.13. The van der Waals surface area contributed by atoms with Gasteiger partial charge in [0.05, 0.1) is 31.4 Å². The van der Waals surface area contributed by atoms with E-state index >= 15 is 0 Å². The van der Waals surface area contributed by atoms with Crippen molar-refractivity contribution in [1.29, 1.82) is 0 Å². The van der Waals surface area contributed by atoms with E-state index in [1.54, 1.807) is 31.2 Å². The predicted octanol–water partition coefficient (Wildman–Crippen LogP) is 2.40. The number of benzene rings is 2. The van der Waals surface area contributed by atoms with Crippen LogP contribution in [0.4, 0.5) is 5.69 Å². The third-order valence-corrected chi connectivity index (χ3v) is 5.10. The SMILES string of the molecule is CCOc1ccc(/C(C)=N\NC(=O)CN(c2ccccc2OC)S(C)(=O)=O)cc1. The monoisotopic (exact) mass is 419 g/mol. The fraction of sp³-hybridized carbons (Fsp3) is 0.300. The summed E-state index contributed by atoms with van der Waals surface area (Å²) >= 11 is 0. The fourth-order valence-electron chi connectivity index (χ4n) is 2.55. The molecule has 2 aromatic rings. The lowest BCUT2D eigenvalue weighted by atomic mass is 10.1. The zero-order chi connectivity index (χ0) is 21.4. The summed E-state index contributed by atoms with van der Waals surface area (Å²) in [6.45, 7) is 3.79. The molecule has 0 atom stereocenters. The van der Waals surface area contributed by atoms with Crippen LogP contribution < -0.4 is 19.2 Å². The van der Waals surface area contributed by atoms with Crippen LogP contribution in [-0.2, 0) is 14.8 Å². The maximum absolute atomic E-state index is 12.4. The minimum Gasteiger partial charge on any atom is -0.495 e. The quantitative estimate of drug-likeness (QED) is 0.497. The lowest BCUT2D eigenvalue weighted by Crippen LogP contribution is -2.39. The number of carbonyl (C=O) groups excluding carboxylic acids is 1. The van der Waals surface area contributed by atoms with E-state index in [4.69, 9.17) is 9.47 Å². The Labute approximate surface area is 171 Å². The number of hydrazone groups is 1. The Balaban J connectivity index is 2.13. The third-order valence-electron chi connectivity index (χ3n) is 3.97. The molecule has 1 N–H and O–H groups in total. The topological polar surface area (TPSA) is 97.3 Å². The van der Waals surface area contributed by atoms with E-state index in [0.717, 1.165) is 21.9 Å². The number of methoxy groups -OCH3 is 1. The number of anilines is 1. The van der Waals surface area contributed by atoms with Crippen molar-refractivity contribution in [2.75, 3.05) is 30.8 Å². The molecule has 0 aromatic heterocycles. The Morgan fingerprint density at radius 2 is 1.79 bits per heavy atom. The zero-order valence-electron chi connectivity index (χ0n) is 16.9. The first-order valence-electron chi connectivity index (χ1n) is 8.93. The molecule has 1 amide bonds. The molecule has 0 aliphatic carbocycles. The van der Waals surface area contributed by atoms with Gasteiger partial charge in [0, 0.05) is 0 Å². The number of ether oxygens (including phenoxy) is 2. The molecule has 0 unspecified atom stereocenters. The molecular formula is C20H25N3O5S. The van der Waals surface area contributed by atoms with E-state index in [1.807, 2.05) is 31.2 Å². The molecule has 0 bridgehead atoms. The minimum absolute atomic E-state index is 0.278. The van der Waals surface area contributed by atoms with Gasteiger partial charge >= 0.3 is 0 Å². The van der Waals surface area contributed by atoms with Crippen LogP contribution in [0.15, 0.2) is 53.6 Å². The molecule has 0 fully saturated rings. The van der Waals surface area contributed by atoms with E-state index in [-0.39, 0.29) is 5.69 Å². The molecule has 0 aliphatic heterocycles. The highest BCUT2D eigenvalue weighted by Crippen LogP contribution is 2.29. The lowest BCUT2D eigenvalue weighted by Gasteiger charge is -2.23. The van der Waals surface area contributed by atoms with Gasteiger partial charge in [-0.25, -0.2) is 13.8 Å². The van der Waals surface area contributed by atoms with Gasteiger partial charge in [0.15, 0.2) is 0 Å². The molecule has 0 spiro atoms. The van der Waals surface area contributed by atoms with Gasteiger partial charge in [-0.3, -0.25) is 9.10 Å². The van der Waals surface area contributed by atoms with Crippen LogP contribution in [0.2, 0.25) is 0 Å². The molecule has 2 aromatic carbocycles. The number of para-hydroxylation sites is 2. The van der Waals surface area contributed by atoms with Gasteiger partial charge in [-0.05, 0) is 55.8 Å². The number of sulfonamides is 1. The largest absolute Gasteiger partial charge is 0.495 e. The van der Waals surface area contributed by atoms with Gasteiger partial charge < -0.3 is 9.47 Å². The molecule has 156 valence electrons. The van der Waals surface area contributed by atoms with Crippen molar-refractivity contribution in [1.82, 2.24) is 5.43 Å². The summed E-state index contributed by atoms with van der Waals surface area (Å²) in [6.07, 6.45) is 1.03. The van der Waals surface area contributed by atoms with Crippen molar-refractivity contribution in [3.8, 4) is 11.5 Å². The van der Waals surface area contributed by atoms with E-state index in [9.17, 15) is 13.2 Å². The number of hydrogen-bond acceptors (Lipinski definition) is 6. The predicted molar refractivity (Wildman–Crippen MR) is 113 cm³/mol. The molecule has 0 radical (unpaired) electrons. The van der Waals surface area contributed by atoms with Crippen LogP contribution in [0, 0.1) is 0 Å². The van der Waals surface area contributed by atoms with Gasteiger partial charge in [-0.2, -0.15) is 5.10 Å². The molecule has 8 nitrogen and oxygen atoms in total. The molecule has 0 saturated heterocycles. The van der Waals surface area contributed by atoms with Crippen molar-refractivity contribution < 1.29 is 22.7 Å². The van der Waals surface area contributed by atoms with Gasteiger partial charge in [0.1, 0.15) is 18.0 Å².